The van der Waals surface area contributed by atoms with Crippen molar-refractivity contribution in [3.05, 3.63) is 35.9 Å². The number of rotatable bonds is 3. The molecule has 0 amide bonds. The number of nitrogens with zero attached hydrogens (tertiary/aromatic N) is 1. The Balaban J connectivity index is 1.75. The van der Waals surface area contributed by atoms with Gasteiger partial charge in [-0.3, -0.25) is 4.90 Å². The first-order valence-corrected chi connectivity index (χ1v) is 8.16. The van der Waals surface area contributed by atoms with Gasteiger partial charge in [-0.2, -0.15) is 0 Å². The minimum absolute atomic E-state index is 0.00885. The predicted molar refractivity (Wildman–Crippen MR) is 83.9 cm³/mol. The Hall–Kier alpha value is -0.900. The summed E-state index contributed by atoms with van der Waals surface area (Å²) in [4.78, 5) is 2.48. The number of ether oxygens (including phenoxy) is 1. The molecule has 3 nitrogen and oxygen atoms in total. The summed E-state index contributed by atoms with van der Waals surface area (Å²) in [5.74, 6) is 0. The molecule has 1 N–H and O–H groups in total. The van der Waals surface area contributed by atoms with Gasteiger partial charge in [0, 0.05) is 12.6 Å². The van der Waals surface area contributed by atoms with Gasteiger partial charge in [-0.05, 0) is 36.7 Å². The zero-order valence-corrected chi connectivity index (χ0v) is 13.2. The van der Waals surface area contributed by atoms with E-state index in [1.807, 2.05) is 6.07 Å². The van der Waals surface area contributed by atoms with Crippen LogP contribution in [0.5, 0.6) is 0 Å². The zero-order valence-electron chi connectivity index (χ0n) is 13.2. The maximum absolute atomic E-state index is 9.48. The maximum Gasteiger partial charge on any atom is 0.137 e. The van der Waals surface area contributed by atoms with Gasteiger partial charge in [-0.15, -0.1) is 0 Å². The molecule has 1 aromatic rings. The molecule has 0 unspecified atom stereocenters. The fourth-order valence-electron chi connectivity index (χ4n) is 3.68. The lowest BCUT2D eigenvalue weighted by Crippen LogP contribution is -2.40. The van der Waals surface area contributed by atoms with Crippen LogP contribution in [0.2, 0.25) is 0 Å². The molecule has 1 aliphatic heterocycles. The van der Waals surface area contributed by atoms with Crippen molar-refractivity contribution in [3.63, 3.8) is 0 Å². The van der Waals surface area contributed by atoms with E-state index in [9.17, 15) is 5.11 Å². The zero-order chi connectivity index (χ0) is 14.9. The van der Waals surface area contributed by atoms with E-state index in [1.54, 1.807) is 0 Å². The van der Waals surface area contributed by atoms with Crippen molar-refractivity contribution < 1.29 is 9.84 Å². The van der Waals surface area contributed by atoms with Crippen LogP contribution in [0.15, 0.2) is 30.3 Å². The molecule has 0 bridgehead atoms. The number of aliphatic hydroxyl groups excluding tert-OH is 1. The van der Waals surface area contributed by atoms with Crippen molar-refractivity contribution in [2.75, 3.05) is 13.2 Å². The highest BCUT2D eigenvalue weighted by molar-refractivity contribution is 5.18. The SMILES string of the molecule is CC1(C)CCC(N2C[C@H](CO)O[C@@H]2c2ccccc2)CC1. The summed E-state index contributed by atoms with van der Waals surface area (Å²) in [5, 5.41) is 9.48. The summed E-state index contributed by atoms with van der Waals surface area (Å²) in [5.41, 5.74) is 1.69. The molecule has 1 saturated carbocycles. The number of benzene rings is 1. The van der Waals surface area contributed by atoms with Crippen molar-refractivity contribution >= 4 is 0 Å². The Morgan fingerprint density at radius 1 is 1.19 bits per heavy atom. The van der Waals surface area contributed by atoms with E-state index >= 15 is 0 Å². The molecule has 1 heterocycles. The van der Waals surface area contributed by atoms with Gasteiger partial charge in [-0.25, -0.2) is 0 Å². The lowest BCUT2D eigenvalue weighted by Gasteiger charge is -2.40. The van der Waals surface area contributed by atoms with Gasteiger partial charge in [-0.1, -0.05) is 44.2 Å². The lowest BCUT2D eigenvalue weighted by molar-refractivity contribution is -0.0384. The topological polar surface area (TPSA) is 32.7 Å². The molecule has 2 atom stereocenters. The van der Waals surface area contributed by atoms with Gasteiger partial charge in [0.1, 0.15) is 6.23 Å². The van der Waals surface area contributed by atoms with Crippen LogP contribution in [0.1, 0.15) is 51.3 Å². The Bertz CT molecular complexity index is 450. The second-order valence-corrected chi connectivity index (χ2v) is 7.30. The van der Waals surface area contributed by atoms with Gasteiger partial charge in [0.2, 0.25) is 0 Å². The standard InChI is InChI=1S/C18H27NO2/c1-18(2)10-8-15(9-11-18)19-12-16(13-20)21-17(19)14-6-4-3-5-7-14/h3-7,15-17,20H,8-13H2,1-2H3/t16-,17-/m1/s1. The third-order valence-electron chi connectivity index (χ3n) is 5.10. The average molecular weight is 289 g/mol. The highest BCUT2D eigenvalue weighted by atomic mass is 16.5. The summed E-state index contributed by atoms with van der Waals surface area (Å²) in [6, 6.07) is 11.0. The van der Waals surface area contributed by atoms with Gasteiger partial charge in [0.15, 0.2) is 0 Å². The van der Waals surface area contributed by atoms with Crippen LogP contribution in [-0.4, -0.2) is 35.3 Å². The molecule has 3 heteroatoms. The summed E-state index contributed by atoms with van der Waals surface area (Å²) in [6.07, 6.45) is 4.98. The quantitative estimate of drug-likeness (QED) is 0.926. The Morgan fingerprint density at radius 2 is 1.86 bits per heavy atom. The van der Waals surface area contributed by atoms with E-state index in [0.717, 1.165) is 6.54 Å². The summed E-state index contributed by atoms with van der Waals surface area (Å²) in [6.45, 7) is 5.70. The van der Waals surface area contributed by atoms with Crippen LogP contribution in [0.25, 0.3) is 0 Å². The Kier molecular flexibility index (Phi) is 4.34. The smallest absolute Gasteiger partial charge is 0.137 e. The van der Waals surface area contributed by atoms with Gasteiger partial charge in [0.05, 0.1) is 12.7 Å². The molecule has 2 fully saturated rings. The molecule has 3 rings (SSSR count). The molecule has 0 spiro atoms. The Labute approximate surface area is 127 Å². The number of hydrogen-bond acceptors (Lipinski definition) is 3. The van der Waals surface area contributed by atoms with Gasteiger partial charge in [0.25, 0.3) is 0 Å². The average Bonchev–Trinajstić information content (AvgIpc) is 2.92. The molecule has 0 radical (unpaired) electrons. The largest absolute Gasteiger partial charge is 0.394 e. The van der Waals surface area contributed by atoms with Crippen molar-refractivity contribution in [2.24, 2.45) is 5.41 Å². The van der Waals surface area contributed by atoms with Crippen molar-refractivity contribution in [1.82, 2.24) is 4.90 Å². The second-order valence-electron chi connectivity index (χ2n) is 7.30. The first kappa shape index (κ1) is 15.0. The highest BCUT2D eigenvalue weighted by Gasteiger charge is 2.40. The van der Waals surface area contributed by atoms with E-state index < -0.39 is 0 Å². The summed E-state index contributed by atoms with van der Waals surface area (Å²) >= 11 is 0. The third kappa shape index (κ3) is 3.31. The lowest BCUT2D eigenvalue weighted by atomic mass is 9.75. The minimum Gasteiger partial charge on any atom is -0.394 e. The van der Waals surface area contributed by atoms with Crippen molar-refractivity contribution in [1.29, 1.82) is 0 Å². The Morgan fingerprint density at radius 3 is 2.48 bits per heavy atom. The van der Waals surface area contributed by atoms with Crippen LogP contribution in [0, 0.1) is 5.41 Å². The summed E-state index contributed by atoms with van der Waals surface area (Å²) < 4.78 is 6.09. The van der Waals surface area contributed by atoms with Gasteiger partial charge >= 0.3 is 0 Å². The molecule has 21 heavy (non-hydrogen) atoms. The molecule has 1 saturated heterocycles. The summed E-state index contributed by atoms with van der Waals surface area (Å²) in [7, 11) is 0. The van der Waals surface area contributed by atoms with Crippen LogP contribution >= 0.6 is 0 Å². The second kappa shape index (κ2) is 6.07. The van der Waals surface area contributed by atoms with Crippen LogP contribution < -0.4 is 0 Å². The van der Waals surface area contributed by atoms with Crippen LogP contribution in [0.4, 0.5) is 0 Å². The monoisotopic (exact) mass is 289 g/mol. The van der Waals surface area contributed by atoms with E-state index in [-0.39, 0.29) is 18.9 Å². The minimum atomic E-state index is -0.0508. The van der Waals surface area contributed by atoms with E-state index in [0.29, 0.717) is 11.5 Å². The van der Waals surface area contributed by atoms with E-state index in [2.05, 4.69) is 43.0 Å². The number of hydrogen-bond donors (Lipinski definition) is 1. The normalized spacial score (nSPS) is 30.6. The fourth-order valence-corrected chi connectivity index (χ4v) is 3.68. The highest BCUT2D eigenvalue weighted by Crippen LogP contribution is 2.41. The first-order chi connectivity index (χ1) is 10.1. The molecule has 116 valence electrons. The van der Waals surface area contributed by atoms with Crippen LogP contribution in [-0.2, 0) is 4.74 Å². The predicted octanol–water partition coefficient (Wildman–Crippen LogP) is 3.35. The van der Waals surface area contributed by atoms with Crippen molar-refractivity contribution in [2.45, 2.75) is 57.9 Å². The maximum atomic E-state index is 9.48. The molecular weight excluding hydrogens is 262 g/mol. The molecule has 1 aliphatic carbocycles. The number of aliphatic hydroxyl groups is 1. The third-order valence-corrected chi connectivity index (χ3v) is 5.10. The van der Waals surface area contributed by atoms with Gasteiger partial charge < -0.3 is 9.84 Å². The van der Waals surface area contributed by atoms with Crippen LogP contribution in [0.3, 0.4) is 0 Å². The molecule has 1 aromatic carbocycles. The molecule has 2 aliphatic rings. The molecule has 0 aromatic heterocycles. The first-order valence-electron chi connectivity index (χ1n) is 8.16. The van der Waals surface area contributed by atoms with Crippen molar-refractivity contribution in [3.8, 4) is 0 Å². The van der Waals surface area contributed by atoms with E-state index in [4.69, 9.17) is 4.74 Å². The fraction of sp³-hybridized carbons (Fsp3) is 0.667. The van der Waals surface area contributed by atoms with E-state index in [1.165, 1.54) is 31.2 Å². The molecular formula is C18H27NO2.